The Morgan fingerprint density at radius 1 is 1.25 bits per heavy atom. The molecule has 0 unspecified atom stereocenters. The van der Waals surface area contributed by atoms with Crippen LogP contribution in [-0.2, 0) is 9.59 Å². The number of amides is 2. The van der Waals surface area contributed by atoms with Crippen LogP contribution >= 0.6 is 0 Å². The molecule has 0 aliphatic carbocycles. The van der Waals surface area contributed by atoms with E-state index in [1.54, 1.807) is 37.9 Å². The summed E-state index contributed by atoms with van der Waals surface area (Å²) < 4.78 is 5.71. The number of para-hydroxylation sites is 2. The predicted molar refractivity (Wildman–Crippen MR) is 97.2 cm³/mol. The molecular weight excluding hydrogens is 304 g/mol. The summed E-state index contributed by atoms with van der Waals surface area (Å²) in [5.41, 5.74) is -0.568. The highest BCUT2D eigenvalue weighted by Gasteiger charge is 2.38. The van der Waals surface area contributed by atoms with Gasteiger partial charge in [-0.15, -0.1) is 0 Å². The van der Waals surface area contributed by atoms with Crippen LogP contribution < -0.4 is 10.1 Å². The number of rotatable bonds is 8. The van der Waals surface area contributed by atoms with Crippen LogP contribution in [0, 0.1) is 5.41 Å². The first-order valence-electron chi connectivity index (χ1n) is 8.52. The van der Waals surface area contributed by atoms with Gasteiger partial charge in [-0.1, -0.05) is 25.5 Å². The first kappa shape index (κ1) is 20.0. The Hall–Kier alpha value is -2.04. The van der Waals surface area contributed by atoms with Crippen molar-refractivity contribution in [1.29, 1.82) is 0 Å². The molecule has 0 aliphatic heterocycles. The van der Waals surface area contributed by atoms with Crippen LogP contribution in [0.2, 0.25) is 0 Å². The average molecular weight is 334 g/mol. The maximum Gasteiger partial charge on any atom is 0.239 e. The van der Waals surface area contributed by atoms with E-state index in [1.807, 2.05) is 26.0 Å². The molecule has 1 N–H and O–H groups in total. The molecule has 0 atom stereocenters. The Bertz CT molecular complexity index is 567. The maximum atomic E-state index is 12.7. The van der Waals surface area contributed by atoms with Crippen molar-refractivity contribution in [3.8, 4) is 5.75 Å². The van der Waals surface area contributed by atoms with Gasteiger partial charge in [0.05, 0.1) is 11.8 Å². The predicted octanol–water partition coefficient (Wildman–Crippen LogP) is 3.70. The highest BCUT2D eigenvalue weighted by Crippen LogP contribution is 2.28. The molecule has 0 radical (unpaired) electrons. The number of nitrogens with one attached hydrogen (secondary N) is 1. The van der Waals surface area contributed by atoms with Gasteiger partial charge in [0.25, 0.3) is 0 Å². The molecule has 2 amide bonds. The zero-order valence-electron chi connectivity index (χ0n) is 15.7. The van der Waals surface area contributed by atoms with Crippen molar-refractivity contribution >= 4 is 17.5 Å². The fourth-order valence-electron chi connectivity index (χ4n) is 2.28. The van der Waals surface area contributed by atoms with E-state index in [2.05, 4.69) is 12.2 Å². The summed E-state index contributed by atoms with van der Waals surface area (Å²) in [7, 11) is 1.74. The standard InChI is InChI=1S/C19H30N2O3/c1-7-8-13-21(6)18(23)19(4,5)17(22)20-15-11-9-10-12-16(15)24-14(2)3/h9-12,14H,7-8,13H2,1-6H3,(H,20,22). The second-order valence-corrected chi connectivity index (χ2v) is 6.82. The molecule has 0 bridgehead atoms. The minimum absolute atomic E-state index is 0.00197. The van der Waals surface area contributed by atoms with Crippen LogP contribution in [0.25, 0.3) is 0 Å². The molecule has 0 fully saturated rings. The maximum absolute atomic E-state index is 12.7. The molecule has 5 nitrogen and oxygen atoms in total. The molecule has 134 valence electrons. The van der Waals surface area contributed by atoms with Gasteiger partial charge in [0, 0.05) is 13.6 Å². The van der Waals surface area contributed by atoms with E-state index in [4.69, 9.17) is 4.74 Å². The first-order valence-corrected chi connectivity index (χ1v) is 8.52. The largest absolute Gasteiger partial charge is 0.489 e. The van der Waals surface area contributed by atoms with Crippen molar-refractivity contribution in [2.24, 2.45) is 5.41 Å². The Morgan fingerprint density at radius 2 is 1.88 bits per heavy atom. The van der Waals surface area contributed by atoms with Crippen LogP contribution in [0.15, 0.2) is 24.3 Å². The van der Waals surface area contributed by atoms with Crippen molar-refractivity contribution in [3.63, 3.8) is 0 Å². The summed E-state index contributed by atoms with van der Waals surface area (Å²) in [6.07, 6.45) is 1.92. The summed E-state index contributed by atoms with van der Waals surface area (Å²) in [5.74, 6) is 0.0785. The number of ether oxygens (including phenoxy) is 1. The van der Waals surface area contributed by atoms with Gasteiger partial charge in [-0.25, -0.2) is 0 Å². The lowest BCUT2D eigenvalue weighted by atomic mass is 9.90. The number of benzene rings is 1. The van der Waals surface area contributed by atoms with E-state index in [0.717, 1.165) is 12.8 Å². The second kappa shape index (κ2) is 8.71. The Kier molecular flexibility index (Phi) is 7.26. The van der Waals surface area contributed by atoms with Gasteiger partial charge in [0.1, 0.15) is 11.2 Å². The minimum atomic E-state index is -1.15. The molecule has 0 spiro atoms. The minimum Gasteiger partial charge on any atom is -0.489 e. The summed E-state index contributed by atoms with van der Waals surface area (Å²) >= 11 is 0. The van der Waals surface area contributed by atoms with Gasteiger partial charge in [0.15, 0.2) is 0 Å². The number of hydrogen-bond acceptors (Lipinski definition) is 3. The van der Waals surface area contributed by atoms with Gasteiger partial charge < -0.3 is 15.0 Å². The third-order valence-electron chi connectivity index (χ3n) is 3.79. The number of carbonyl (C=O) groups is 2. The van der Waals surface area contributed by atoms with Crippen LogP contribution in [0.3, 0.4) is 0 Å². The smallest absolute Gasteiger partial charge is 0.239 e. The topological polar surface area (TPSA) is 58.6 Å². The summed E-state index contributed by atoms with van der Waals surface area (Å²) in [4.78, 5) is 26.9. The lowest BCUT2D eigenvalue weighted by Crippen LogP contribution is -2.46. The number of hydrogen-bond donors (Lipinski definition) is 1. The van der Waals surface area contributed by atoms with Crippen molar-refractivity contribution < 1.29 is 14.3 Å². The quantitative estimate of drug-likeness (QED) is 0.738. The molecule has 0 aromatic heterocycles. The Balaban J connectivity index is 2.88. The van der Waals surface area contributed by atoms with Gasteiger partial charge in [0.2, 0.25) is 11.8 Å². The van der Waals surface area contributed by atoms with Crippen LogP contribution in [0.4, 0.5) is 5.69 Å². The summed E-state index contributed by atoms with van der Waals surface area (Å²) in [6.45, 7) is 9.88. The lowest BCUT2D eigenvalue weighted by Gasteiger charge is -2.28. The molecule has 0 saturated heterocycles. The molecule has 0 saturated carbocycles. The molecule has 24 heavy (non-hydrogen) atoms. The van der Waals surface area contributed by atoms with Crippen LogP contribution in [0.1, 0.15) is 47.5 Å². The van der Waals surface area contributed by atoms with E-state index in [1.165, 1.54) is 0 Å². The highest BCUT2D eigenvalue weighted by molar-refractivity contribution is 6.10. The Labute approximate surface area is 145 Å². The molecule has 0 aliphatic rings. The van der Waals surface area contributed by atoms with Crippen molar-refractivity contribution in [3.05, 3.63) is 24.3 Å². The van der Waals surface area contributed by atoms with Crippen molar-refractivity contribution in [2.75, 3.05) is 18.9 Å². The van der Waals surface area contributed by atoms with Gasteiger partial charge in [-0.05, 0) is 46.2 Å². The third-order valence-corrected chi connectivity index (χ3v) is 3.79. The van der Waals surface area contributed by atoms with E-state index in [9.17, 15) is 9.59 Å². The summed E-state index contributed by atoms with van der Waals surface area (Å²) in [5, 5.41) is 2.84. The average Bonchev–Trinajstić information content (AvgIpc) is 2.53. The molecule has 1 aromatic carbocycles. The molecule has 0 heterocycles. The second-order valence-electron chi connectivity index (χ2n) is 6.82. The van der Waals surface area contributed by atoms with Crippen LogP contribution in [0.5, 0.6) is 5.75 Å². The van der Waals surface area contributed by atoms with Gasteiger partial charge >= 0.3 is 0 Å². The number of carbonyl (C=O) groups excluding carboxylic acids is 2. The van der Waals surface area contributed by atoms with E-state index >= 15 is 0 Å². The van der Waals surface area contributed by atoms with Crippen molar-refractivity contribution in [1.82, 2.24) is 4.90 Å². The zero-order valence-corrected chi connectivity index (χ0v) is 15.7. The number of anilines is 1. The fourth-order valence-corrected chi connectivity index (χ4v) is 2.28. The Morgan fingerprint density at radius 3 is 2.46 bits per heavy atom. The number of unbranched alkanes of at least 4 members (excludes halogenated alkanes) is 1. The zero-order chi connectivity index (χ0) is 18.3. The highest BCUT2D eigenvalue weighted by atomic mass is 16.5. The molecule has 1 rings (SSSR count). The van der Waals surface area contributed by atoms with E-state index < -0.39 is 5.41 Å². The first-order chi connectivity index (χ1) is 11.2. The normalized spacial score (nSPS) is 11.3. The van der Waals surface area contributed by atoms with Crippen LogP contribution in [-0.4, -0.2) is 36.4 Å². The number of nitrogens with zero attached hydrogens (tertiary/aromatic N) is 1. The fraction of sp³-hybridized carbons (Fsp3) is 0.579. The van der Waals surface area contributed by atoms with E-state index in [-0.39, 0.29) is 17.9 Å². The molecule has 1 aromatic rings. The molecule has 5 heteroatoms. The lowest BCUT2D eigenvalue weighted by molar-refractivity contribution is -0.145. The van der Waals surface area contributed by atoms with Gasteiger partial charge in [-0.2, -0.15) is 0 Å². The van der Waals surface area contributed by atoms with E-state index in [0.29, 0.717) is 18.0 Å². The van der Waals surface area contributed by atoms with Crippen molar-refractivity contribution in [2.45, 2.75) is 53.6 Å². The summed E-state index contributed by atoms with van der Waals surface area (Å²) in [6, 6.07) is 7.25. The third kappa shape index (κ3) is 5.25. The van der Waals surface area contributed by atoms with Gasteiger partial charge in [-0.3, -0.25) is 9.59 Å². The SMILES string of the molecule is CCCCN(C)C(=O)C(C)(C)C(=O)Nc1ccccc1OC(C)C. The monoisotopic (exact) mass is 334 g/mol. The molecular formula is C19H30N2O3.